The average Bonchev–Trinajstić information content (AvgIpc) is 2.93. The Morgan fingerprint density at radius 1 is 1.19 bits per heavy atom. The topological polar surface area (TPSA) is 63.6 Å². The molecule has 1 unspecified atom stereocenters. The minimum Gasteiger partial charge on any atom is -0.310 e. The van der Waals surface area contributed by atoms with Gasteiger partial charge in [0.15, 0.2) is 5.65 Å². The number of fused-ring (bicyclic) bond motifs is 1. The van der Waals surface area contributed by atoms with E-state index in [1.807, 2.05) is 0 Å². The minimum atomic E-state index is -4.40. The van der Waals surface area contributed by atoms with Crippen LogP contribution in [0.2, 0.25) is 0 Å². The van der Waals surface area contributed by atoms with Crippen molar-refractivity contribution in [2.75, 3.05) is 0 Å². The zero-order valence-corrected chi connectivity index (χ0v) is 14.8. The lowest BCUT2D eigenvalue weighted by Crippen LogP contribution is -2.13. The highest BCUT2D eigenvalue weighted by molar-refractivity contribution is 8.00. The molecule has 0 saturated carbocycles. The highest BCUT2D eigenvalue weighted by Gasteiger charge is 2.29. The van der Waals surface area contributed by atoms with Gasteiger partial charge in [-0.1, -0.05) is 12.1 Å². The highest BCUT2D eigenvalue weighted by atomic mass is 32.2. The summed E-state index contributed by atoms with van der Waals surface area (Å²) in [6.07, 6.45) is -2.97. The molecule has 5 nitrogen and oxygen atoms in total. The molecule has 3 aromatic rings. The van der Waals surface area contributed by atoms with Gasteiger partial charge in [0.2, 0.25) is 0 Å². The predicted molar refractivity (Wildman–Crippen MR) is 90.0 cm³/mol. The van der Waals surface area contributed by atoms with E-state index >= 15 is 0 Å². The number of thioether (sulfide) groups is 1. The summed E-state index contributed by atoms with van der Waals surface area (Å²) in [6.45, 7) is 3.14. The number of nitrogens with one attached hydrogen (secondary N) is 1. The van der Waals surface area contributed by atoms with E-state index in [0.717, 1.165) is 0 Å². The standard InChI is InChI=1S/C16H13F5N4OS/c1-7(9-3-5-10(6-4-9)27-16(19,20)21)25-14-11(12(24-25)13(17)18)15(26)23-8(2)22-14/h3-7,13H,1-2H3,(H,22,23,26). The van der Waals surface area contributed by atoms with E-state index in [1.165, 1.54) is 35.9 Å². The monoisotopic (exact) mass is 404 g/mol. The minimum absolute atomic E-state index is 0.00227. The Kier molecular flexibility index (Phi) is 4.98. The van der Waals surface area contributed by atoms with Gasteiger partial charge in [-0.15, -0.1) is 0 Å². The Hall–Kier alpha value is -2.43. The third-order valence-corrected chi connectivity index (χ3v) is 4.62. The lowest BCUT2D eigenvalue weighted by Gasteiger charge is -2.14. The molecule has 0 amide bonds. The van der Waals surface area contributed by atoms with E-state index in [1.54, 1.807) is 6.92 Å². The van der Waals surface area contributed by atoms with Crippen molar-refractivity contribution < 1.29 is 22.0 Å². The van der Waals surface area contributed by atoms with Crippen LogP contribution in [-0.4, -0.2) is 25.3 Å². The second-order valence-electron chi connectivity index (χ2n) is 5.77. The van der Waals surface area contributed by atoms with Crippen molar-refractivity contribution in [1.82, 2.24) is 19.7 Å². The molecule has 2 heterocycles. The largest absolute Gasteiger partial charge is 0.446 e. The molecule has 0 aliphatic carbocycles. The molecular formula is C16H13F5N4OS. The van der Waals surface area contributed by atoms with Crippen molar-refractivity contribution in [3.8, 4) is 0 Å². The van der Waals surface area contributed by atoms with Crippen molar-refractivity contribution in [3.63, 3.8) is 0 Å². The fourth-order valence-corrected chi connectivity index (χ4v) is 3.23. The number of alkyl halides is 5. The molecule has 0 spiro atoms. The number of hydrogen-bond acceptors (Lipinski definition) is 4. The Labute approximate surface area is 153 Å². The van der Waals surface area contributed by atoms with Gasteiger partial charge in [-0.25, -0.2) is 18.4 Å². The van der Waals surface area contributed by atoms with E-state index in [0.29, 0.717) is 5.56 Å². The Balaban J connectivity index is 2.06. The molecule has 2 aromatic heterocycles. The number of rotatable bonds is 4. The lowest BCUT2D eigenvalue weighted by molar-refractivity contribution is -0.0328. The first-order chi connectivity index (χ1) is 12.6. The van der Waals surface area contributed by atoms with Crippen molar-refractivity contribution in [3.05, 3.63) is 51.7 Å². The number of nitrogens with zero attached hydrogens (tertiary/aromatic N) is 3. The number of aromatic nitrogens is 4. The zero-order chi connectivity index (χ0) is 19.9. The van der Waals surface area contributed by atoms with Crippen LogP contribution < -0.4 is 5.56 Å². The summed E-state index contributed by atoms with van der Waals surface area (Å²) in [7, 11) is 0. The molecule has 1 aromatic carbocycles. The van der Waals surface area contributed by atoms with Crippen LogP contribution in [0.5, 0.6) is 0 Å². The van der Waals surface area contributed by atoms with Crippen LogP contribution in [0.3, 0.4) is 0 Å². The molecule has 144 valence electrons. The Morgan fingerprint density at radius 3 is 2.37 bits per heavy atom. The zero-order valence-electron chi connectivity index (χ0n) is 14.0. The molecule has 0 radical (unpaired) electrons. The number of benzene rings is 1. The van der Waals surface area contributed by atoms with Gasteiger partial charge in [0, 0.05) is 4.90 Å². The van der Waals surface area contributed by atoms with E-state index in [9.17, 15) is 26.7 Å². The Morgan fingerprint density at radius 2 is 1.81 bits per heavy atom. The summed E-state index contributed by atoms with van der Waals surface area (Å²) < 4.78 is 65.1. The van der Waals surface area contributed by atoms with Crippen LogP contribution in [0.4, 0.5) is 22.0 Å². The summed E-state index contributed by atoms with van der Waals surface area (Å²) in [5.41, 5.74) is -5.28. The van der Waals surface area contributed by atoms with Gasteiger partial charge in [-0.05, 0) is 43.3 Å². The fraction of sp³-hybridized carbons (Fsp3) is 0.312. The Bertz CT molecular complexity index is 1030. The molecule has 0 saturated heterocycles. The maximum absolute atomic E-state index is 13.3. The third-order valence-electron chi connectivity index (χ3n) is 3.88. The molecule has 3 rings (SSSR count). The maximum Gasteiger partial charge on any atom is 0.446 e. The molecule has 1 N–H and O–H groups in total. The van der Waals surface area contributed by atoms with E-state index in [2.05, 4.69) is 15.1 Å². The van der Waals surface area contributed by atoms with Gasteiger partial charge >= 0.3 is 5.51 Å². The summed E-state index contributed by atoms with van der Waals surface area (Å²) in [6, 6.07) is 4.85. The molecule has 0 fully saturated rings. The first kappa shape index (κ1) is 19.3. The van der Waals surface area contributed by atoms with Crippen molar-refractivity contribution >= 4 is 22.8 Å². The molecule has 1 atom stereocenters. The van der Waals surface area contributed by atoms with Crippen LogP contribution in [-0.2, 0) is 0 Å². The van der Waals surface area contributed by atoms with Crippen LogP contribution >= 0.6 is 11.8 Å². The van der Waals surface area contributed by atoms with Crippen molar-refractivity contribution in [1.29, 1.82) is 0 Å². The van der Waals surface area contributed by atoms with E-state index in [-0.39, 0.29) is 33.5 Å². The summed E-state index contributed by atoms with van der Waals surface area (Å²) >= 11 is -0.248. The second kappa shape index (κ2) is 6.95. The van der Waals surface area contributed by atoms with Crippen LogP contribution in [0.15, 0.2) is 34.0 Å². The van der Waals surface area contributed by atoms with E-state index < -0.39 is 29.2 Å². The number of H-pyrrole nitrogens is 1. The normalized spacial score (nSPS) is 13.5. The smallest absolute Gasteiger partial charge is 0.310 e. The van der Waals surface area contributed by atoms with Gasteiger partial charge in [-0.2, -0.15) is 18.3 Å². The summed E-state index contributed by atoms with van der Waals surface area (Å²) in [5, 5.41) is 3.55. The summed E-state index contributed by atoms with van der Waals surface area (Å²) in [5.74, 6) is 0.235. The van der Waals surface area contributed by atoms with Gasteiger partial charge in [0.25, 0.3) is 12.0 Å². The average molecular weight is 404 g/mol. The molecule has 27 heavy (non-hydrogen) atoms. The van der Waals surface area contributed by atoms with Crippen LogP contribution in [0.1, 0.15) is 36.5 Å². The van der Waals surface area contributed by atoms with E-state index in [4.69, 9.17) is 0 Å². The quantitative estimate of drug-likeness (QED) is 0.511. The van der Waals surface area contributed by atoms with Gasteiger partial charge in [-0.3, -0.25) is 4.79 Å². The number of hydrogen-bond donors (Lipinski definition) is 1. The van der Waals surface area contributed by atoms with Crippen molar-refractivity contribution in [2.45, 2.75) is 36.7 Å². The molecular weight excluding hydrogens is 391 g/mol. The fourth-order valence-electron chi connectivity index (χ4n) is 2.69. The maximum atomic E-state index is 13.3. The van der Waals surface area contributed by atoms with Crippen LogP contribution in [0, 0.1) is 6.92 Å². The number of halogens is 5. The molecule has 0 bridgehead atoms. The SMILES string of the molecule is Cc1nc2c(c(C(F)F)nn2C(C)c2ccc(SC(F)(F)F)cc2)c(=O)[nH]1. The van der Waals surface area contributed by atoms with Gasteiger partial charge in [0.05, 0.1) is 6.04 Å². The highest BCUT2D eigenvalue weighted by Crippen LogP contribution is 2.37. The molecule has 0 aliphatic heterocycles. The second-order valence-corrected chi connectivity index (χ2v) is 6.91. The summed E-state index contributed by atoms with van der Waals surface area (Å²) in [4.78, 5) is 18.6. The predicted octanol–water partition coefficient (Wildman–Crippen LogP) is 4.59. The third kappa shape index (κ3) is 3.97. The first-order valence-electron chi connectivity index (χ1n) is 7.69. The van der Waals surface area contributed by atoms with Crippen molar-refractivity contribution in [2.24, 2.45) is 0 Å². The number of aryl methyl sites for hydroxylation is 1. The molecule has 0 aliphatic rings. The first-order valence-corrected chi connectivity index (χ1v) is 8.51. The lowest BCUT2D eigenvalue weighted by atomic mass is 10.1. The van der Waals surface area contributed by atoms with Gasteiger partial charge < -0.3 is 4.98 Å². The van der Waals surface area contributed by atoms with Crippen LogP contribution in [0.25, 0.3) is 11.0 Å². The number of aromatic amines is 1. The van der Waals surface area contributed by atoms with Gasteiger partial charge in [0.1, 0.15) is 16.9 Å². The molecule has 11 heteroatoms.